The molecule has 3 rings (SSSR count). The van der Waals surface area contributed by atoms with Gasteiger partial charge in [0, 0.05) is 31.3 Å². The second-order valence-corrected chi connectivity index (χ2v) is 5.88. The normalized spacial score (nSPS) is 16.8. The average molecular weight is 302 g/mol. The van der Waals surface area contributed by atoms with Gasteiger partial charge in [0.15, 0.2) is 0 Å². The Bertz CT molecular complexity index is 586. The maximum Gasteiger partial charge on any atom is 0.244 e. The first-order valence-corrected chi connectivity index (χ1v) is 8.01. The predicted octanol–water partition coefficient (Wildman–Crippen LogP) is 2.92. The average Bonchev–Trinajstić information content (AvgIpc) is 3.10. The molecular weight excluding hydrogens is 284 g/mol. The highest BCUT2D eigenvalue weighted by atomic mass is 32.1. The summed E-state index contributed by atoms with van der Waals surface area (Å²) in [5, 5.41) is 7.24. The van der Waals surface area contributed by atoms with Crippen molar-refractivity contribution in [3.63, 3.8) is 0 Å². The van der Waals surface area contributed by atoms with Crippen molar-refractivity contribution in [1.82, 2.24) is 10.2 Å². The SMILES string of the molecule is O=C(/C=C/c1ccoc1)NCC(c1ccsc1)N1CCC1. The number of hydrogen-bond donors (Lipinski definition) is 1. The summed E-state index contributed by atoms with van der Waals surface area (Å²) in [4.78, 5) is 14.3. The Morgan fingerprint density at radius 3 is 3.00 bits per heavy atom. The number of amides is 1. The molecule has 110 valence electrons. The van der Waals surface area contributed by atoms with Crippen molar-refractivity contribution >= 4 is 23.3 Å². The number of carbonyl (C=O) groups is 1. The van der Waals surface area contributed by atoms with Crippen LogP contribution in [0.1, 0.15) is 23.6 Å². The van der Waals surface area contributed by atoms with Gasteiger partial charge >= 0.3 is 0 Å². The molecule has 1 unspecified atom stereocenters. The molecule has 1 N–H and O–H groups in total. The van der Waals surface area contributed by atoms with Crippen LogP contribution >= 0.6 is 11.3 Å². The van der Waals surface area contributed by atoms with E-state index in [-0.39, 0.29) is 11.9 Å². The van der Waals surface area contributed by atoms with Crippen LogP contribution in [-0.2, 0) is 4.79 Å². The molecule has 21 heavy (non-hydrogen) atoms. The Hall–Kier alpha value is -1.85. The first-order valence-electron chi connectivity index (χ1n) is 7.07. The molecule has 2 aromatic heterocycles. The number of hydrogen-bond acceptors (Lipinski definition) is 4. The largest absolute Gasteiger partial charge is 0.472 e. The topological polar surface area (TPSA) is 45.5 Å². The van der Waals surface area contributed by atoms with E-state index in [0.717, 1.165) is 18.7 Å². The molecule has 1 atom stereocenters. The Morgan fingerprint density at radius 2 is 2.38 bits per heavy atom. The summed E-state index contributed by atoms with van der Waals surface area (Å²) in [6.45, 7) is 2.87. The van der Waals surface area contributed by atoms with Gasteiger partial charge in [-0.1, -0.05) is 0 Å². The van der Waals surface area contributed by atoms with E-state index >= 15 is 0 Å². The highest BCUT2D eigenvalue weighted by molar-refractivity contribution is 7.07. The number of thiophene rings is 1. The zero-order valence-electron chi connectivity index (χ0n) is 11.7. The summed E-state index contributed by atoms with van der Waals surface area (Å²) in [6.07, 6.45) is 7.74. The lowest BCUT2D eigenvalue weighted by Crippen LogP contribution is -2.44. The van der Waals surface area contributed by atoms with E-state index in [1.54, 1.807) is 36.0 Å². The molecule has 0 bridgehead atoms. The van der Waals surface area contributed by atoms with Crippen molar-refractivity contribution in [2.45, 2.75) is 12.5 Å². The Morgan fingerprint density at radius 1 is 1.48 bits per heavy atom. The third-order valence-corrected chi connectivity index (χ3v) is 4.40. The summed E-state index contributed by atoms with van der Waals surface area (Å²) < 4.78 is 4.96. The second-order valence-electron chi connectivity index (χ2n) is 5.10. The minimum atomic E-state index is -0.0723. The van der Waals surface area contributed by atoms with Gasteiger partial charge in [-0.2, -0.15) is 11.3 Å². The molecule has 0 spiro atoms. The molecule has 1 aliphatic heterocycles. The maximum absolute atomic E-state index is 11.9. The number of carbonyl (C=O) groups excluding carboxylic acids is 1. The van der Waals surface area contributed by atoms with Gasteiger partial charge in [-0.25, -0.2) is 0 Å². The van der Waals surface area contributed by atoms with Crippen molar-refractivity contribution in [3.05, 3.63) is 52.6 Å². The summed E-state index contributed by atoms with van der Waals surface area (Å²) in [6, 6.07) is 4.25. The molecule has 0 aromatic carbocycles. The minimum absolute atomic E-state index is 0.0723. The van der Waals surface area contributed by atoms with Gasteiger partial charge in [-0.15, -0.1) is 0 Å². The molecule has 2 aromatic rings. The standard InChI is InChI=1S/C16H18N2O2S/c19-16(3-2-13-4-8-20-11-13)17-10-15(18-6-1-7-18)14-5-9-21-12-14/h2-5,8-9,11-12,15H,1,6-7,10H2,(H,17,19)/b3-2+. The molecule has 1 aliphatic rings. The minimum Gasteiger partial charge on any atom is -0.472 e. The number of furan rings is 1. The summed E-state index contributed by atoms with van der Waals surface area (Å²) >= 11 is 1.70. The summed E-state index contributed by atoms with van der Waals surface area (Å²) in [5.41, 5.74) is 2.18. The first kappa shape index (κ1) is 14.1. The van der Waals surface area contributed by atoms with Gasteiger partial charge in [0.05, 0.1) is 18.6 Å². The number of likely N-dealkylation sites (tertiary alicyclic amines) is 1. The van der Waals surface area contributed by atoms with E-state index in [4.69, 9.17) is 4.42 Å². The highest BCUT2D eigenvalue weighted by Crippen LogP contribution is 2.26. The van der Waals surface area contributed by atoms with E-state index in [0.29, 0.717) is 6.54 Å². The van der Waals surface area contributed by atoms with Crippen molar-refractivity contribution in [1.29, 1.82) is 0 Å². The van der Waals surface area contributed by atoms with Crippen molar-refractivity contribution in [2.75, 3.05) is 19.6 Å². The Balaban J connectivity index is 1.55. The molecule has 0 aliphatic carbocycles. The molecule has 1 amide bonds. The predicted molar refractivity (Wildman–Crippen MR) is 84.0 cm³/mol. The second kappa shape index (κ2) is 6.74. The molecule has 1 fully saturated rings. The van der Waals surface area contributed by atoms with Crippen LogP contribution in [-0.4, -0.2) is 30.4 Å². The lowest BCUT2D eigenvalue weighted by atomic mass is 10.0. The molecule has 0 radical (unpaired) electrons. The van der Waals surface area contributed by atoms with Crippen LogP contribution in [0.2, 0.25) is 0 Å². The summed E-state index contributed by atoms with van der Waals surface area (Å²) in [7, 11) is 0. The maximum atomic E-state index is 11.9. The van der Waals surface area contributed by atoms with Gasteiger partial charge in [-0.05, 0) is 41.0 Å². The number of nitrogens with zero attached hydrogens (tertiary/aromatic N) is 1. The van der Waals surface area contributed by atoms with Crippen molar-refractivity contribution < 1.29 is 9.21 Å². The zero-order chi connectivity index (χ0) is 14.5. The molecule has 1 saturated heterocycles. The van der Waals surface area contributed by atoms with Gasteiger partial charge in [0.1, 0.15) is 0 Å². The van der Waals surface area contributed by atoms with Crippen LogP contribution in [0.15, 0.2) is 45.9 Å². The Labute approximate surface area is 128 Å². The van der Waals surface area contributed by atoms with Gasteiger partial charge in [0.2, 0.25) is 5.91 Å². The molecule has 0 saturated carbocycles. The van der Waals surface area contributed by atoms with Crippen LogP contribution in [0.3, 0.4) is 0 Å². The summed E-state index contributed by atoms with van der Waals surface area (Å²) in [5.74, 6) is -0.0723. The van der Waals surface area contributed by atoms with Crippen LogP contribution in [0.4, 0.5) is 0 Å². The van der Waals surface area contributed by atoms with Gasteiger partial charge in [-0.3, -0.25) is 9.69 Å². The smallest absolute Gasteiger partial charge is 0.244 e. The van der Waals surface area contributed by atoms with Crippen LogP contribution < -0.4 is 5.32 Å². The highest BCUT2D eigenvalue weighted by Gasteiger charge is 2.25. The number of rotatable bonds is 6. The van der Waals surface area contributed by atoms with Crippen LogP contribution in [0, 0.1) is 0 Å². The monoisotopic (exact) mass is 302 g/mol. The van der Waals surface area contributed by atoms with Gasteiger partial charge < -0.3 is 9.73 Å². The van der Waals surface area contributed by atoms with Crippen LogP contribution in [0.25, 0.3) is 6.08 Å². The third-order valence-electron chi connectivity index (χ3n) is 3.70. The molecule has 3 heterocycles. The quantitative estimate of drug-likeness (QED) is 0.835. The fourth-order valence-electron chi connectivity index (χ4n) is 2.37. The van der Waals surface area contributed by atoms with E-state index < -0.39 is 0 Å². The first-order chi connectivity index (χ1) is 10.3. The fourth-order valence-corrected chi connectivity index (χ4v) is 3.08. The fraction of sp³-hybridized carbons (Fsp3) is 0.312. The molecule has 5 heteroatoms. The van der Waals surface area contributed by atoms with Crippen molar-refractivity contribution in [3.8, 4) is 0 Å². The van der Waals surface area contributed by atoms with Crippen LogP contribution in [0.5, 0.6) is 0 Å². The lowest BCUT2D eigenvalue weighted by Gasteiger charge is -2.38. The molecular formula is C16H18N2O2S. The van der Waals surface area contributed by atoms with E-state index in [9.17, 15) is 4.79 Å². The third kappa shape index (κ3) is 3.62. The van der Waals surface area contributed by atoms with E-state index in [1.165, 1.54) is 12.0 Å². The number of nitrogens with one attached hydrogen (secondary N) is 1. The lowest BCUT2D eigenvalue weighted by molar-refractivity contribution is -0.116. The molecule has 4 nitrogen and oxygen atoms in total. The van der Waals surface area contributed by atoms with Gasteiger partial charge in [0.25, 0.3) is 0 Å². The van der Waals surface area contributed by atoms with E-state index in [1.807, 2.05) is 6.07 Å². The zero-order valence-corrected chi connectivity index (χ0v) is 12.5. The van der Waals surface area contributed by atoms with E-state index in [2.05, 4.69) is 27.0 Å². The Kier molecular flexibility index (Phi) is 4.52. The van der Waals surface area contributed by atoms with Crippen molar-refractivity contribution in [2.24, 2.45) is 0 Å².